The highest BCUT2D eigenvalue weighted by molar-refractivity contribution is 5.32. The normalized spacial score (nSPS) is 26.5. The highest BCUT2D eigenvalue weighted by atomic mass is 16.2. The molecule has 2 unspecified atom stereocenters. The lowest BCUT2D eigenvalue weighted by Gasteiger charge is -2.32. The fourth-order valence-electron chi connectivity index (χ4n) is 3.38. The molecule has 0 spiro atoms. The van der Waals surface area contributed by atoms with Crippen LogP contribution in [0.25, 0.3) is 0 Å². The van der Waals surface area contributed by atoms with E-state index >= 15 is 0 Å². The molecule has 2 aliphatic heterocycles. The molecule has 110 valence electrons. The largest absolute Gasteiger partial charge is 0.360 e. The van der Waals surface area contributed by atoms with Crippen molar-refractivity contribution in [3.05, 3.63) is 20.8 Å². The number of piperidine rings is 1. The molecular weight excluding hydrogens is 258 g/mol. The summed E-state index contributed by atoms with van der Waals surface area (Å²) < 4.78 is 2.31. The fourth-order valence-corrected chi connectivity index (χ4v) is 3.38. The Morgan fingerprint density at radius 3 is 2.75 bits per heavy atom. The molecule has 20 heavy (non-hydrogen) atoms. The van der Waals surface area contributed by atoms with Crippen LogP contribution in [0.5, 0.6) is 0 Å². The van der Waals surface area contributed by atoms with Gasteiger partial charge in [-0.2, -0.15) is 0 Å². The molecule has 3 rings (SSSR count). The van der Waals surface area contributed by atoms with Crippen LogP contribution in [0, 0.1) is 0 Å². The van der Waals surface area contributed by atoms with Gasteiger partial charge in [-0.1, -0.05) is 6.42 Å². The van der Waals surface area contributed by atoms with Gasteiger partial charge < -0.3 is 5.32 Å². The summed E-state index contributed by atoms with van der Waals surface area (Å²) in [6.07, 6.45) is 4.71. The molecule has 1 N–H and O–H groups in total. The number of hydrogen-bond acceptors (Lipinski definition) is 5. The molecular formula is C13H21N5O2. The number of hydrogen-bond donors (Lipinski definition) is 1. The Bertz CT molecular complexity index is 620. The van der Waals surface area contributed by atoms with Crippen LogP contribution in [0.4, 0.5) is 5.82 Å². The number of aromatic nitrogens is 3. The summed E-state index contributed by atoms with van der Waals surface area (Å²) in [6, 6.07) is 0.750. The summed E-state index contributed by atoms with van der Waals surface area (Å²) in [5.41, 5.74) is -0.742. The van der Waals surface area contributed by atoms with Crippen molar-refractivity contribution >= 4 is 5.82 Å². The van der Waals surface area contributed by atoms with Crippen molar-refractivity contribution in [2.24, 2.45) is 14.1 Å². The lowest BCUT2D eigenvalue weighted by molar-refractivity contribution is 0.192. The number of anilines is 1. The molecule has 0 aromatic carbocycles. The van der Waals surface area contributed by atoms with Gasteiger partial charge in [-0.15, -0.1) is 5.10 Å². The Morgan fingerprint density at radius 2 is 1.95 bits per heavy atom. The van der Waals surface area contributed by atoms with Crippen LogP contribution in [0.15, 0.2) is 9.59 Å². The first kappa shape index (κ1) is 13.4. The lowest BCUT2D eigenvalue weighted by Crippen LogP contribution is -2.45. The zero-order valence-electron chi connectivity index (χ0n) is 12.0. The average molecular weight is 279 g/mol. The minimum absolute atomic E-state index is 0.257. The van der Waals surface area contributed by atoms with E-state index in [2.05, 4.69) is 15.3 Å². The van der Waals surface area contributed by atoms with E-state index in [1.54, 1.807) is 7.05 Å². The van der Waals surface area contributed by atoms with Crippen molar-refractivity contribution < 1.29 is 0 Å². The first-order valence-electron chi connectivity index (χ1n) is 7.23. The number of rotatable bonds is 2. The van der Waals surface area contributed by atoms with Crippen molar-refractivity contribution in [3.8, 4) is 0 Å². The maximum atomic E-state index is 12.1. The maximum Gasteiger partial charge on any atom is 0.346 e. The van der Waals surface area contributed by atoms with Gasteiger partial charge in [0.15, 0.2) is 0 Å². The van der Waals surface area contributed by atoms with E-state index in [4.69, 9.17) is 0 Å². The molecule has 7 heteroatoms. The van der Waals surface area contributed by atoms with E-state index in [1.807, 2.05) is 0 Å². The van der Waals surface area contributed by atoms with E-state index in [9.17, 15) is 9.59 Å². The quantitative estimate of drug-likeness (QED) is 0.791. The summed E-state index contributed by atoms with van der Waals surface area (Å²) >= 11 is 0. The van der Waals surface area contributed by atoms with Gasteiger partial charge in [0.1, 0.15) is 0 Å². The molecule has 2 aliphatic rings. The minimum Gasteiger partial charge on any atom is -0.360 e. The van der Waals surface area contributed by atoms with E-state index in [-0.39, 0.29) is 17.4 Å². The third-order valence-electron chi connectivity index (χ3n) is 4.50. The molecule has 2 atom stereocenters. The van der Waals surface area contributed by atoms with Gasteiger partial charge in [0.2, 0.25) is 5.82 Å². The van der Waals surface area contributed by atoms with Crippen LogP contribution < -0.4 is 16.6 Å². The molecule has 0 saturated carbocycles. The smallest absolute Gasteiger partial charge is 0.346 e. The zero-order valence-corrected chi connectivity index (χ0v) is 12.0. The highest BCUT2D eigenvalue weighted by Gasteiger charge is 2.36. The van der Waals surface area contributed by atoms with Gasteiger partial charge in [0.05, 0.1) is 0 Å². The van der Waals surface area contributed by atoms with Crippen LogP contribution in [-0.2, 0) is 14.1 Å². The molecule has 0 bridgehead atoms. The highest BCUT2D eigenvalue weighted by Crippen LogP contribution is 2.28. The molecule has 3 heterocycles. The summed E-state index contributed by atoms with van der Waals surface area (Å²) in [7, 11) is 3.05. The van der Waals surface area contributed by atoms with Crippen LogP contribution in [0.3, 0.4) is 0 Å². The van der Waals surface area contributed by atoms with E-state index in [1.165, 1.54) is 31.0 Å². The molecule has 2 saturated heterocycles. The molecule has 0 aliphatic carbocycles. The SMILES string of the molecule is Cn1nc(NC2CCN3CCCCC23)c(=O)n(C)c1=O. The number of aryl methyl sites for hydroxylation is 1. The van der Waals surface area contributed by atoms with Crippen molar-refractivity contribution in [1.29, 1.82) is 0 Å². The van der Waals surface area contributed by atoms with E-state index < -0.39 is 5.69 Å². The van der Waals surface area contributed by atoms with Gasteiger partial charge in [-0.25, -0.2) is 9.48 Å². The summed E-state index contributed by atoms with van der Waals surface area (Å²) in [4.78, 5) is 26.2. The number of nitrogens with zero attached hydrogens (tertiary/aromatic N) is 4. The molecule has 7 nitrogen and oxygen atoms in total. The third kappa shape index (κ3) is 2.15. The van der Waals surface area contributed by atoms with Gasteiger partial charge >= 0.3 is 5.69 Å². The van der Waals surface area contributed by atoms with Crippen LogP contribution in [0.2, 0.25) is 0 Å². The molecule has 2 fully saturated rings. The number of nitrogens with one attached hydrogen (secondary N) is 1. The van der Waals surface area contributed by atoms with Crippen LogP contribution in [-0.4, -0.2) is 44.4 Å². The Labute approximate surface area is 117 Å². The van der Waals surface area contributed by atoms with Gasteiger partial charge in [0, 0.05) is 32.7 Å². The fraction of sp³-hybridized carbons (Fsp3) is 0.769. The molecule has 1 aromatic heterocycles. The van der Waals surface area contributed by atoms with Crippen LogP contribution >= 0.6 is 0 Å². The third-order valence-corrected chi connectivity index (χ3v) is 4.50. The van der Waals surface area contributed by atoms with E-state index in [0.717, 1.165) is 24.1 Å². The average Bonchev–Trinajstić information content (AvgIpc) is 2.86. The summed E-state index contributed by atoms with van der Waals surface area (Å²) in [5, 5.41) is 7.35. The number of fused-ring (bicyclic) bond motifs is 1. The summed E-state index contributed by atoms with van der Waals surface area (Å²) in [5.74, 6) is 0.284. The predicted octanol–water partition coefficient (Wildman–Crippen LogP) is -0.482. The van der Waals surface area contributed by atoms with Crippen LogP contribution in [0.1, 0.15) is 25.7 Å². The van der Waals surface area contributed by atoms with Crippen molar-refractivity contribution in [1.82, 2.24) is 19.2 Å². The van der Waals surface area contributed by atoms with Gasteiger partial charge in [-0.3, -0.25) is 14.3 Å². The minimum atomic E-state index is -0.397. The van der Waals surface area contributed by atoms with Gasteiger partial charge in [-0.05, 0) is 25.8 Å². The first-order chi connectivity index (χ1) is 9.58. The standard InChI is InChI=1S/C13H21N5O2/c1-16-12(19)11(15-17(2)13(16)20)14-9-6-8-18-7-4-3-5-10(9)18/h9-10H,3-8H2,1-2H3,(H,14,15). The molecule has 0 radical (unpaired) electrons. The molecule has 0 amide bonds. The Kier molecular flexibility index (Phi) is 3.37. The summed E-state index contributed by atoms with van der Waals surface area (Å²) in [6.45, 7) is 2.23. The second-order valence-electron chi connectivity index (χ2n) is 5.76. The Morgan fingerprint density at radius 1 is 1.15 bits per heavy atom. The van der Waals surface area contributed by atoms with Gasteiger partial charge in [0.25, 0.3) is 5.56 Å². The second kappa shape index (κ2) is 5.05. The van der Waals surface area contributed by atoms with Crippen molar-refractivity contribution in [2.75, 3.05) is 18.4 Å². The monoisotopic (exact) mass is 279 g/mol. The zero-order chi connectivity index (χ0) is 14.3. The predicted molar refractivity (Wildman–Crippen MR) is 76.0 cm³/mol. The lowest BCUT2D eigenvalue weighted by atomic mass is 9.99. The topological polar surface area (TPSA) is 72.2 Å². The second-order valence-corrected chi connectivity index (χ2v) is 5.76. The molecule has 1 aromatic rings. The maximum absolute atomic E-state index is 12.1. The van der Waals surface area contributed by atoms with Crippen molar-refractivity contribution in [2.45, 2.75) is 37.8 Å². The van der Waals surface area contributed by atoms with Crippen molar-refractivity contribution in [3.63, 3.8) is 0 Å². The first-order valence-corrected chi connectivity index (χ1v) is 7.23. The Hall–Kier alpha value is -1.63. The van der Waals surface area contributed by atoms with E-state index in [0.29, 0.717) is 6.04 Å². The Balaban J connectivity index is 1.85.